The molecule has 0 radical (unpaired) electrons. The van der Waals surface area contributed by atoms with E-state index in [4.69, 9.17) is 16.9 Å². The molecule has 0 saturated heterocycles. The van der Waals surface area contributed by atoms with E-state index in [0.29, 0.717) is 22.4 Å². The number of hydrogen-bond acceptors (Lipinski definition) is 5. The summed E-state index contributed by atoms with van der Waals surface area (Å²) in [4.78, 5) is 45.8. The van der Waals surface area contributed by atoms with Crippen LogP contribution in [0.15, 0.2) is 46.0 Å². The highest BCUT2D eigenvalue weighted by Gasteiger charge is 2.25. The van der Waals surface area contributed by atoms with Crippen molar-refractivity contribution in [2.45, 2.75) is 40.2 Å². The van der Waals surface area contributed by atoms with E-state index >= 15 is 0 Å². The lowest BCUT2D eigenvalue weighted by molar-refractivity contribution is 0.102. The summed E-state index contributed by atoms with van der Waals surface area (Å²) in [6.45, 7) is 7.23. The Kier molecular flexibility index (Phi) is 7.10. The topological polar surface area (TPSA) is 109 Å². The molecule has 0 bridgehead atoms. The molecule has 0 fully saturated rings. The zero-order valence-corrected chi connectivity index (χ0v) is 19.5. The number of H-pyrrole nitrogens is 1. The van der Waals surface area contributed by atoms with Crippen molar-refractivity contribution in [1.29, 1.82) is 5.26 Å². The number of nitrogens with zero attached hydrogens (tertiary/aromatic N) is 3. The first kappa shape index (κ1) is 23.9. The number of benzene rings is 1. The quantitative estimate of drug-likeness (QED) is 0.336. The molecule has 7 nitrogen and oxygen atoms in total. The maximum absolute atomic E-state index is 13.8. The van der Waals surface area contributed by atoms with Crippen molar-refractivity contribution in [3.8, 4) is 6.07 Å². The number of carbonyl (C=O) groups excluding carboxylic acids is 1. The van der Waals surface area contributed by atoms with Crippen molar-refractivity contribution in [3.05, 3.63) is 102 Å². The van der Waals surface area contributed by atoms with Crippen LogP contribution < -0.4 is 11.2 Å². The van der Waals surface area contributed by atoms with Gasteiger partial charge in [0.25, 0.3) is 5.56 Å². The molecule has 0 amide bonds. The number of allylic oxidation sites excluding steroid dienone is 1. The highest BCUT2D eigenvalue weighted by atomic mass is 35.5. The summed E-state index contributed by atoms with van der Waals surface area (Å²) in [6, 6.07) is 10.5. The van der Waals surface area contributed by atoms with Crippen molar-refractivity contribution in [3.63, 3.8) is 0 Å². The molecule has 0 aliphatic carbocycles. The average Bonchev–Trinajstić information content (AvgIpc) is 2.72. The molecule has 0 spiro atoms. The lowest BCUT2D eigenvalue weighted by Crippen LogP contribution is -2.38. The second-order valence-corrected chi connectivity index (χ2v) is 8.51. The molecule has 0 aliphatic rings. The van der Waals surface area contributed by atoms with Crippen molar-refractivity contribution in [2.75, 3.05) is 0 Å². The van der Waals surface area contributed by atoms with Gasteiger partial charge in [0, 0.05) is 22.9 Å². The molecule has 2 heterocycles. The van der Waals surface area contributed by atoms with Gasteiger partial charge in [-0.15, -0.1) is 0 Å². The van der Waals surface area contributed by atoms with Crippen LogP contribution in [0.5, 0.6) is 0 Å². The largest absolute Gasteiger partial charge is 0.329 e. The molecule has 8 heteroatoms. The Bertz CT molecular complexity index is 1400. The molecule has 0 atom stereocenters. The summed E-state index contributed by atoms with van der Waals surface area (Å²) in [5.41, 5.74) is 2.12. The smallest absolute Gasteiger partial charge is 0.287 e. The highest BCUT2D eigenvalue weighted by molar-refractivity contribution is 6.29. The molecular weight excluding hydrogens is 440 g/mol. The fraction of sp³-hybridized carbons (Fsp3) is 0.240. The minimum atomic E-state index is -0.685. The van der Waals surface area contributed by atoms with Gasteiger partial charge in [0.2, 0.25) is 5.78 Å². The van der Waals surface area contributed by atoms with E-state index in [1.54, 1.807) is 51.1 Å². The molecule has 168 valence electrons. The van der Waals surface area contributed by atoms with Crippen LogP contribution in [0.1, 0.15) is 63.8 Å². The van der Waals surface area contributed by atoms with Crippen LogP contribution in [-0.4, -0.2) is 20.3 Å². The van der Waals surface area contributed by atoms with Gasteiger partial charge in [0.15, 0.2) is 0 Å². The maximum Gasteiger partial charge on any atom is 0.329 e. The highest BCUT2D eigenvalue weighted by Crippen LogP contribution is 2.21. The summed E-state index contributed by atoms with van der Waals surface area (Å²) >= 11 is 6.09. The van der Waals surface area contributed by atoms with Gasteiger partial charge in [-0.05, 0) is 66.8 Å². The zero-order valence-electron chi connectivity index (χ0n) is 18.8. The fourth-order valence-electron chi connectivity index (χ4n) is 3.80. The maximum atomic E-state index is 13.8. The normalized spacial score (nSPS) is 11.2. The number of rotatable bonds is 6. The Hall–Kier alpha value is -3.76. The van der Waals surface area contributed by atoms with Crippen LogP contribution in [0.4, 0.5) is 0 Å². The number of nitrogens with one attached hydrogen (secondary N) is 1. The predicted octanol–water partition coefficient (Wildman–Crippen LogP) is 4.14. The number of aryl methyl sites for hydroxylation is 2. The Morgan fingerprint density at radius 3 is 2.58 bits per heavy atom. The Morgan fingerprint density at radius 1 is 1.21 bits per heavy atom. The predicted molar refractivity (Wildman–Crippen MR) is 128 cm³/mol. The van der Waals surface area contributed by atoms with Crippen molar-refractivity contribution in [1.82, 2.24) is 14.5 Å². The number of pyridine rings is 1. The second-order valence-electron chi connectivity index (χ2n) is 8.13. The minimum absolute atomic E-state index is 0.0325. The van der Waals surface area contributed by atoms with E-state index in [2.05, 4.69) is 9.97 Å². The molecule has 3 aromatic rings. The number of halogens is 1. The van der Waals surface area contributed by atoms with Gasteiger partial charge in [-0.3, -0.25) is 19.1 Å². The third-order valence-corrected chi connectivity index (χ3v) is 5.26. The minimum Gasteiger partial charge on any atom is -0.287 e. The van der Waals surface area contributed by atoms with Crippen LogP contribution in [0.25, 0.3) is 6.08 Å². The van der Waals surface area contributed by atoms with E-state index in [9.17, 15) is 14.4 Å². The number of aromatic nitrogens is 3. The number of aromatic amines is 1. The summed E-state index contributed by atoms with van der Waals surface area (Å²) < 4.78 is 1.28. The summed E-state index contributed by atoms with van der Waals surface area (Å²) in [5.74, 6) is -0.765. The molecule has 1 aromatic carbocycles. The molecule has 3 rings (SSSR count). The van der Waals surface area contributed by atoms with Gasteiger partial charge in [0.1, 0.15) is 10.8 Å². The number of hydrogen-bond donors (Lipinski definition) is 1. The monoisotopic (exact) mass is 462 g/mol. The van der Waals surface area contributed by atoms with Gasteiger partial charge in [-0.25, -0.2) is 9.78 Å². The van der Waals surface area contributed by atoms with E-state index in [-0.39, 0.29) is 28.9 Å². The van der Waals surface area contributed by atoms with E-state index in [1.807, 2.05) is 19.1 Å². The van der Waals surface area contributed by atoms with E-state index in [1.165, 1.54) is 10.6 Å². The Balaban J connectivity index is 2.27. The van der Waals surface area contributed by atoms with Crippen LogP contribution in [0, 0.1) is 25.2 Å². The van der Waals surface area contributed by atoms with E-state index in [0.717, 1.165) is 5.56 Å². The molecule has 33 heavy (non-hydrogen) atoms. The van der Waals surface area contributed by atoms with Crippen LogP contribution in [0.2, 0.25) is 5.15 Å². The summed E-state index contributed by atoms with van der Waals surface area (Å²) in [6.07, 6.45) is 2.92. The van der Waals surface area contributed by atoms with Crippen molar-refractivity contribution in [2.24, 2.45) is 0 Å². The summed E-state index contributed by atoms with van der Waals surface area (Å²) in [7, 11) is 0. The molecule has 1 N–H and O–H groups in total. The Labute approximate surface area is 196 Å². The lowest BCUT2D eigenvalue weighted by atomic mass is 9.95. The number of carbonyl (C=O) groups is 1. The van der Waals surface area contributed by atoms with Crippen LogP contribution in [0.3, 0.4) is 0 Å². The van der Waals surface area contributed by atoms with Crippen molar-refractivity contribution >= 4 is 23.5 Å². The van der Waals surface area contributed by atoms with Crippen molar-refractivity contribution < 1.29 is 4.79 Å². The molecule has 2 aromatic heterocycles. The first-order valence-corrected chi connectivity index (χ1v) is 10.7. The average molecular weight is 463 g/mol. The second kappa shape index (κ2) is 9.80. The third kappa shape index (κ3) is 5.36. The van der Waals surface area contributed by atoms with Gasteiger partial charge < -0.3 is 0 Å². The Morgan fingerprint density at radius 2 is 1.94 bits per heavy atom. The van der Waals surface area contributed by atoms with Gasteiger partial charge in [-0.1, -0.05) is 31.5 Å². The van der Waals surface area contributed by atoms with Gasteiger partial charge in [0.05, 0.1) is 12.6 Å². The third-order valence-electron chi connectivity index (χ3n) is 5.06. The SMILES string of the molecule is Cc1cc(C=CC#N)cc(C(=O)c2c(C(C)C)c(=O)[nH]c(=O)n2Cc2cc(C)nc(Cl)c2)c1. The lowest BCUT2D eigenvalue weighted by Gasteiger charge is -2.18. The summed E-state index contributed by atoms with van der Waals surface area (Å²) in [5, 5.41) is 9.10. The molecule has 0 unspecified atom stereocenters. The van der Waals surface area contributed by atoms with Crippen LogP contribution >= 0.6 is 11.6 Å². The van der Waals surface area contributed by atoms with Crippen LogP contribution in [-0.2, 0) is 6.54 Å². The standard InChI is InChI=1S/C25H23ClN4O3/c1-14(2)21-22(23(31)19-9-15(3)8-17(11-19)6-5-7-27)30(25(33)29-24(21)32)13-18-10-16(4)28-20(26)12-18/h5-6,8-12,14H,13H2,1-4H3,(H,29,32,33). The molecular formula is C25H23ClN4O3. The molecule has 0 aliphatic heterocycles. The first-order chi connectivity index (χ1) is 15.6. The fourth-order valence-corrected chi connectivity index (χ4v) is 4.07. The number of nitriles is 1. The van der Waals surface area contributed by atoms with Gasteiger partial charge >= 0.3 is 5.69 Å². The van der Waals surface area contributed by atoms with Gasteiger partial charge in [-0.2, -0.15) is 5.26 Å². The number of ketones is 1. The van der Waals surface area contributed by atoms with E-state index < -0.39 is 17.0 Å². The zero-order chi connectivity index (χ0) is 24.3. The first-order valence-electron chi connectivity index (χ1n) is 10.3. The molecule has 0 saturated carbocycles.